The number of rotatable bonds is 10. The van der Waals surface area contributed by atoms with E-state index >= 15 is 0 Å². The molecule has 0 unspecified atom stereocenters. The molecule has 0 amide bonds. The third-order valence-electron chi connectivity index (χ3n) is 2.84. The van der Waals surface area contributed by atoms with E-state index in [0.29, 0.717) is 40.3 Å². The molecular formula is C17H22BrCl2NO3. The van der Waals surface area contributed by atoms with Crippen molar-refractivity contribution >= 4 is 44.8 Å². The fourth-order valence-corrected chi connectivity index (χ4v) is 2.28. The van der Waals surface area contributed by atoms with Gasteiger partial charge in [-0.3, -0.25) is 0 Å². The maximum Gasteiger partial charge on any atom is 0.141 e. The van der Waals surface area contributed by atoms with Crippen LogP contribution < -0.4 is 9.47 Å². The molecule has 1 aromatic rings. The van der Waals surface area contributed by atoms with Gasteiger partial charge in [0, 0.05) is 12.5 Å². The lowest BCUT2D eigenvalue weighted by Gasteiger charge is -2.14. The highest BCUT2D eigenvalue weighted by molar-refractivity contribution is 9.12. The Morgan fingerprint density at radius 2 is 2.00 bits per heavy atom. The fourth-order valence-electron chi connectivity index (χ4n) is 1.80. The van der Waals surface area contributed by atoms with Crippen LogP contribution in [0.1, 0.15) is 32.8 Å². The van der Waals surface area contributed by atoms with Crippen molar-refractivity contribution in [3.63, 3.8) is 0 Å². The Bertz CT molecular complexity index is 583. The molecular weight excluding hydrogens is 417 g/mol. The van der Waals surface area contributed by atoms with Gasteiger partial charge in [-0.1, -0.05) is 35.3 Å². The zero-order chi connectivity index (χ0) is 17.9. The maximum absolute atomic E-state index is 6.33. The Kier molecular flexibility index (Phi) is 10.2. The molecule has 0 saturated heterocycles. The molecule has 7 heteroatoms. The van der Waals surface area contributed by atoms with E-state index in [2.05, 4.69) is 21.1 Å². The summed E-state index contributed by atoms with van der Waals surface area (Å²) in [5.41, 5.74) is 1.88. The van der Waals surface area contributed by atoms with E-state index in [4.69, 9.17) is 37.5 Å². The average Bonchev–Trinajstić information content (AvgIpc) is 2.51. The van der Waals surface area contributed by atoms with Crippen LogP contribution in [0, 0.1) is 0 Å². The fraction of sp³-hybridized carbons (Fsp3) is 0.471. The molecule has 0 fully saturated rings. The summed E-state index contributed by atoms with van der Waals surface area (Å²) in [5.74, 6) is 1.37. The number of oxime groups is 1. The minimum Gasteiger partial charge on any atom is -0.492 e. The van der Waals surface area contributed by atoms with Gasteiger partial charge in [0.15, 0.2) is 0 Å². The minimum atomic E-state index is 0.360. The first-order valence-corrected chi connectivity index (χ1v) is 9.21. The topological polar surface area (TPSA) is 40.0 Å². The van der Waals surface area contributed by atoms with E-state index in [-0.39, 0.29) is 0 Å². The van der Waals surface area contributed by atoms with Gasteiger partial charge in [-0.15, -0.1) is 0 Å². The van der Waals surface area contributed by atoms with Crippen molar-refractivity contribution in [2.45, 2.75) is 33.6 Å². The number of ether oxygens (including phenoxy) is 2. The quantitative estimate of drug-likeness (QED) is 0.258. The Morgan fingerprint density at radius 3 is 2.62 bits per heavy atom. The van der Waals surface area contributed by atoms with Crippen LogP contribution in [-0.2, 0) is 11.3 Å². The van der Waals surface area contributed by atoms with Crippen molar-refractivity contribution in [1.29, 1.82) is 0 Å². The smallest absolute Gasteiger partial charge is 0.141 e. The largest absolute Gasteiger partial charge is 0.492 e. The van der Waals surface area contributed by atoms with Gasteiger partial charge in [0.05, 0.1) is 21.3 Å². The van der Waals surface area contributed by atoms with Gasteiger partial charge in [-0.25, -0.2) is 0 Å². The molecule has 1 rings (SSSR count). The van der Waals surface area contributed by atoms with Crippen LogP contribution in [0.2, 0.25) is 5.02 Å². The number of halogens is 3. The van der Waals surface area contributed by atoms with Gasteiger partial charge in [0.25, 0.3) is 0 Å². The lowest BCUT2D eigenvalue weighted by Crippen LogP contribution is -2.04. The number of nitrogens with zero attached hydrogens (tertiary/aromatic N) is 1. The molecule has 0 spiro atoms. The standard InChI is InChI=1S/C17H22BrCl2NO3/c1-4-13-10-14(22-9-6-16(18)20)11-15(19)17(13)23-7-5-8-24-21-12(2)3/h6,10-11H,4-5,7-9H2,1-3H3/b16-6+. The summed E-state index contributed by atoms with van der Waals surface area (Å²) in [5, 5.41) is 4.40. The van der Waals surface area contributed by atoms with Crippen LogP contribution in [0.4, 0.5) is 0 Å². The van der Waals surface area contributed by atoms with Gasteiger partial charge >= 0.3 is 0 Å². The molecule has 0 heterocycles. The van der Waals surface area contributed by atoms with Crippen LogP contribution in [0.25, 0.3) is 0 Å². The average molecular weight is 439 g/mol. The molecule has 0 aromatic heterocycles. The molecule has 0 aliphatic heterocycles. The molecule has 0 saturated carbocycles. The Hall–Kier alpha value is -0.910. The van der Waals surface area contributed by atoms with Gasteiger partial charge in [0.1, 0.15) is 24.7 Å². The molecule has 0 aliphatic rings. The van der Waals surface area contributed by atoms with Crippen LogP contribution in [-0.4, -0.2) is 25.5 Å². The van der Waals surface area contributed by atoms with E-state index in [1.54, 1.807) is 12.1 Å². The van der Waals surface area contributed by atoms with Crippen molar-refractivity contribution in [3.05, 3.63) is 32.7 Å². The third-order valence-corrected chi connectivity index (χ3v) is 3.59. The molecule has 0 bridgehead atoms. The van der Waals surface area contributed by atoms with Crippen LogP contribution >= 0.6 is 39.1 Å². The Morgan fingerprint density at radius 1 is 1.25 bits per heavy atom. The maximum atomic E-state index is 6.33. The molecule has 4 nitrogen and oxygen atoms in total. The SMILES string of the molecule is CCc1cc(OC/C=C(/Cl)Br)cc(Cl)c1OCCCON=C(C)C. The second-order valence-electron chi connectivity index (χ2n) is 5.13. The van der Waals surface area contributed by atoms with Crippen molar-refractivity contribution in [3.8, 4) is 11.5 Å². The number of hydrogen-bond acceptors (Lipinski definition) is 4. The van der Waals surface area contributed by atoms with Crippen molar-refractivity contribution < 1.29 is 14.3 Å². The molecule has 1 aromatic carbocycles. The van der Waals surface area contributed by atoms with E-state index in [0.717, 1.165) is 24.1 Å². The summed E-state index contributed by atoms with van der Waals surface area (Å²) < 4.78 is 11.9. The van der Waals surface area contributed by atoms with Gasteiger partial charge in [-0.05, 0) is 53.9 Å². The van der Waals surface area contributed by atoms with E-state index < -0.39 is 0 Å². The molecule has 0 N–H and O–H groups in total. The number of hydrogen-bond donors (Lipinski definition) is 0. The van der Waals surface area contributed by atoms with Gasteiger partial charge in [0.2, 0.25) is 0 Å². The van der Waals surface area contributed by atoms with Gasteiger partial charge < -0.3 is 14.3 Å². The van der Waals surface area contributed by atoms with Crippen molar-refractivity contribution in [2.24, 2.45) is 5.16 Å². The molecule has 134 valence electrons. The first kappa shape index (κ1) is 21.1. The first-order chi connectivity index (χ1) is 11.4. The molecule has 0 radical (unpaired) electrons. The Balaban J connectivity index is 2.60. The normalized spacial score (nSPS) is 11.2. The van der Waals surface area contributed by atoms with Crippen LogP contribution in [0.5, 0.6) is 11.5 Å². The van der Waals surface area contributed by atoms with Crippen LogP contribution in [0.3, 0.4) is 0 Å². The minimum absolute atomic E-state index is 0.360. The third kappa shape index (κ3) is 8.27. The van der Waals surface area contributed by atoms with E-state index in [1.165, 1.54) is 0 Å². The molecule has 24 heavy (non-hydrogen) atoms. The lowest BCUT2D eigenvalue weighted by molar-refractivity contribution is 0.127. The zero-order valence-electron chi connectivity index (χ0n) is 14.1. The molecule has 0 atom stereocenters. The Labute approximate surface area is 161 Å². The summed E-state index contributed by atoms with van der Waals surface area (Å²) in [6.07, 6.45) is 3.23. The summed E-state index contributed by atoms with van der Waals surface area (Å²) in [6, 6.07) is 3.67. The van der Waals surface area contributed by atoms with Crippen LogP contribution in [0.15, 0.2) is 27.3 Å². The first-order valence-electron chi connectivity index (χ1n) is 7.66. The van der Waals surface area contributed by atoms with Crippen molar-refractivity contribution in [2.75, 3.05) is 19.8 Å². The monoisotopic (exact) mass is 437 g/mol. The molecule has 0 aliphatic carbocycles. The van der Waals surface area contributed by atoms with E-state index in [1.807, 2.05) is 26.8 Å². The predicted octanol–water partition coefficient (Wildman–Crippen LogP) is 5.94. The highest BCUT2D eigenvalue weighted by Gasteiger charge is 2.11. The van der Waals surface area contributed by atoms with Gasteiger partial charge in [-0.2, -0.15) is 0 Å². The number of benzene rings is 1. The second kappa shape index (κ2) is 11.6. The second-order valence-corrected chi connectivity index (χ2v) is 7.25. The highest BCUT2D eigenvalue weighted by atomic mass is 79.9. The highest BCUT2D eigenvalue weighted by Crippen LogP contribution is 2.34. The van der Waals surface area contributed by atoms with E-state index in [9.17, 15) is 0 Å². The summed E-state index contributed by atoms with van der Waals surface area (Å²) in [6.45, 7) is 7.18. The summed E-state index contributed by atoms with van der Waals surface area (Å²) >= 11 is 15.2. The van der Waals surface area contributed by atoms with Crippen molar-refractivity contribution in [1.82, 2.24) is 0 Å². The summed E-state index contributed by atoms with van der Waals surface area (Å²) in [7, 11) is 0. The predicted molar refractivity (Wildman–Crippen MR) is 104 cm³/mol. The lowest BCUT2D eigenvalue weighted by atomic mass is 10.1. The summed E-state index contributed by atoms with van der Waals surface area (Å²) in [4.78, 5) is 5.14. The zero-order valence-corrected chi connectivity index (χ0v) is 17.2. The number of aryl methyl sites for hydroxylation is 1.